The Morgan fingerprint density at radius 3 is 2.62 bits per heavy atom. The highest BCUT2D eigenvalue weighted by Crippen LogP contribution is 2.45. The molecular weight excluding hydrogens is 222 g/mol. The second-order valence-electron chi connectivity index (χ2n) is 5.32. The minimum atomic E-state index is -0.427. The fourth-order valence-corrected chi connectivity index (χ4v) is 3.02. The lowest BCUT2D eigenvalue weighted by atomic mass is 9.89. The normalized spacial score (nSPS) is 23.6. The van der Waals surface area contributed by atoms with Crippen LogP contribution in [0.15, 0.2) is 0 Å². The number of nitrogens with zero attached hydrogens (tertiary/aromatic N) is 3. The monoisotopic (exact) mass is 239 g/mol. The van der Waals surface area contributed by atoms with Crippen LogP contribution in [-0.2, 0) is 0 Å². The Morgan fingerprint density at radius 2 is 2.12 bits per heavy atom. The van der Waals surface area contributed by atoms with Crippen molar-refractivity contribution in [3.63, 3.8) is 0 Å². The minimum Gasteiger partial charge on any atom is -0.386 e. The van der Waals surface area contributed by atoms with E-state index in [0.29, 0.717) is 11.8 Å². The third-order valence-electron chi connectivity index (χ3n) is 3.48. The summed E-state index contributed by atoms with van der Waals surface area (Å²) in [6.07, 6.45) is 2.38. The molecule has 88 valence electrons. The molecule has 4 nitrogen and oxygen atoms in total. The van der Waals surface area contributed by atoms with Crippen LogP contribution in [0.4, 0.5) is 5.13 Å². The zero-order valence-corrected chi connectivity index (χ0v) is 10.5. The van der Waals surface area contributed by atoms with E-state index in [1.54, 1.807) is 0 Å². The van der Waals surface area contributed by atoms with Gasteiger partial charge in [-0.3, -0.25) is 0 Å². The van der Waals surface area contributed by atoms with Crippen molar-refractivity contribution in [3.05, 3.63) is 5.82 Å². The molecule has 1 aliphatic heterocycles. The van der Waals surface area contributed by atoms with Gasteiger partial charge in [-0.1, -0.05) is 13.8 Å². The average molecular weight is 239 g/mol. The Bertz CT molecular complexity index is 394. The van der Waals surface area contributed by atoms with Gasteiger partial charge in [0.25, 0.3) is 0 Å². The van der Waals surface area contributed by atoms with Crippen LogP contribution in [0.3, 0.4) is 0 Å². The van der Waals surface area contributed by atoms with E-state index in [-0.39, 0.29) is 0 Å². The van der Waals surface area contributed by atoms with Gasteiger partial charge in [-0.25, -0.2) is 4.98 Å². The molecule has 0 spiro atoms. The van der Waals surface area contributed by atoms with Gasteiger partial charge in [0, 0.05) is 17.5 Å². The summed E-state index contributed by atoms with van der Waals surface area (Å²) in [5, 5.41) is 11.2. The summed E-state index contributed by atoms with van der Waals surface area (Å²) in [4.78, 5) is 6.64. The summed E-state index contributed by atoms with van der Waals surface area (Å²) in [5.41, 5.74) is -0.427. The first-order chi connectivity index (χ1) is 7.58. The smallest absolute Gasteiger partial charge is 0.205 e. The maximum atomic E-state index is 10.2. The zero-order chi connectivity index (χ0) is 11.3. The quantitative estimate of drug-likeness (QED) is 0.871. The topological polar surface area (TPSA) is 49.2 Å². The van der Waals surface area contributed by atoms with E-state index in [4.69, 9.17) is 0 Å². The molecule has 1 saturated heterocycles. The number of β-amino-alcohol motifs (C(OH)–C–C–N with tert-alkyl or cyclic N) is 1. The van der Waals surface area contributed by atoms with E-state index in [1.165, 1.54) is 24.4 Å². The van der Waals surface area contributed by atoms with Crippen LogP contribution in [0.1, 0.15) is 38.4 Å². The van der Waals surface area contributed by atoms with Gasteiger partial charge in [0.15, 0.2) is 0 Å². The molecule has 1 saturated carbocycles. The van der Waals surface area contributed by atoms with E-state index >= 15 is 0 Å². The summed E-state index contributed by atoms with van der Waals surface area (Å²) >= 11 is 1.45. The van der Waals surface area contributed by atoms with Crippen LogP contribution in [0.2, 0.25) is 0 Å². The van der Waals surface area contributed by atoms with Crippen LogP contribution in [0, 0.1) is 5.92 Å². The third-order valence-corrected chi connectivity index (χ3v) is 4.28. The lowest BCUT2D eigenvalue weighted by Crippen LogP contribution is -2.63. The third kappa shape index (κ3) is 1.62. The molecule has 0 bridgehead atoms. The van der Waals surface area contributed by atoms with Crippen molar-refractivity contribution in [3.8, 4) is 0 Å². The van der Waals surface area contributed by atoms with Gasteiger partial charge in [0.2, 0.25) is 5.13 Å². The highest BCUT2D eigenvalue weighted by molar-refractivity contribution is 7.09. The highest BCUT2D eigenvalue weighted by atomic mass is 32.1. The molecule has 16 heavy (non-hydrogen) atoms. The zero-order valence-electron chi connectivity index (χ0n) is 9.68. The fourth-order valence-electron chi connectivity index (χ4n) is 2.22. The van der Waals surface area contributed by atoms with Crippen LogP contribution >= 0.6 is 11.5 Å². The molecule has 0 unspecified atom stereocenters. The lowest BCUT2D eigenvalue weighted by molar-refractivity contribution is -0.00933. The summed E-state index contributed by atoms with van der Waals surface area (Å²) in [5.74, 6) is 1.84. The van der Waals surface area contributed by atoms with Gasteiger partial charge in [0.05, 0.1) is 13.1 Å². The molecule has 2 fully saturated rings. The van der Waals surface area contributed by atoms with Gasteiger partial charge >= 0.3 is 0 Å². The molecule has 1 aromatic rings. The van der Waals surface area contributed by atoms with E-state index in [0.717, 1.165) is 24.0 Å². The Labute approximate surface area is 99.5 Å². The first-order valence-corrected chi connectivity index (χ1v) is 6.67. The van der Waals surface area contributed by atoms with E-state index in [9.17, 15) is 5.11 Å². The van der Waals surface area contributed by atoms with Gasteiger partial charge in [-0.15, -0.1) is 0 Å². The largest absolute Gasteiger partial charge is 0.386 e. The Morgan fingerprint density at radius 1 is 1.44 bits per heavy atom. The van der Waals surface area contributed by atoms with E-state index < -0.39 is 5.60 Å². The van der Waals surface area contributed by atoms with Crippen molar-refractivity contribution in [1.82, 2.24) is 9.36 Å². The predicted molar refractivity (Wildman–Crippen MR) is 63.9 cm³/mol. The molecule has 1 aliphatic carbocycles. The van der Waals surface area contributed by atoms with Gasteiger partial charge in [-0.2, -0.15) is 4.37 Å². The molecule has 0 amide bonds. The maximum absolute atomic E-state index is 10.2. The average Bonchev–Trinajstić information content (AvgIpc) is 2.91. The SMILES string of the molecule is CC(C)c1nsc(N2CC(O)(C3CC3)C2)n1. The molecule has 5 heteroatoms. The van der Waals surface area contributed by atoms with Crippen molar-refractivity contribution in [2.75, 3.05) is 18.0 Å². The molecule has 1 N–H and O–H groups in total. The summed E-state index contributed by atoms with van der Waals surface area (Å²) in [7, 11) is 0. The summed E-state index contributed by atoms with van der Waals surface area (Å²) in [6.45, 7) is 5.68. The van der Waals surface area contributed by atoms with Crippen LogP contribution in [0.5, 0.6) is 0 Å². The van der Waals surface area contributed by atoms with Crippen molar-refractivity contribution < 1.29 is 5.11 Å². The number of hydrogen-bond donors (Lipinski definition) is 1. The Hall–Kier alpha value is -0.680. The Kier molecular flexibility index (Phi) is 2.23. The number of rotatable bonds is 3. The van der Waals surface area contributed by atoms with E-state index in [1.807, 2.05) is 0 Å². The highest BCUT2D eigenvalue weighted by Gasteiger charge is 2.52. The van der Waals surface area contributed by atoms with Crippen molar-refractivity contribution in [2.45, 2.75) is 38.2 Å². The number of hydrogen-bond acceptors (Lipinski definition) is 5. The van der Waals surface area contributed by atoms with Crippen molar-refractivity contribution >= 4 is 16.7 Å². The lowest BCUT2D eigenvalue weighted by Gasteiger charge is -2.46. The molecule has 2 aliphatic rings. The molecule has 0 radical (unpaired) electrons. The number of aromatic nitrogens is 2. The molecule has 3 rings (SSSR count). The number of anilines is 1. The second kappa shape index (κ2) is 3.40. The van der Waals surface area contributed by atoms with Crippen LogP contribution in [-0.4, -0.2) is 33.2 Å². The first-order valence-electron chi connectivity index (χ1n) is 5.89. The number of aliphatic hydroxyl groups is 1. The standard InChI is InChI=1S/C11H17N3OS/c1-7(2)9-12-10(16-13-9)14-5-11(15,6-14)8-3-4-8/h7-8,15H,3-6H2,1-2H3. The van der Waals surface area contributed by atoms with Crippen molar-refractivity contribution in [1.29, 1.82) is 0 Å². The first kappa shape index (κ1) is 10.5. The van der Waals surface area contributed by atoms with Gasteiger partial charge in [-0.05, 0) is 18.8 Å². The second-order valence-corrected chi connectivity index (χ2v) is 6.05. The molecule has 0 atom stereocenters. The Balaban J connectivity index is 1.66. The van der Waals surface area contributed by atoms with Crippen LogP contribution < -0.4 is 4.90 Å². The minimum absolute atomic E-state index is 0.383. The summed E-state index contributed by atoms with van der Waals surface area (Å²) < 4.78 is 4.33. The molecule has 2 heterocycles. The van der Waals surface area contributed by atoms with Crippen molar-refractivity contribution in [2.24, 2.45) is 5.92 Å². The van der Waals surface area contributed by atoms with Gasteiger partial charge in [0.1, 0.15) is 11.4 Å². The molecule has 1 aromatic heterocycles. The van der Waals surface area contributed by atoms with E-state index in [2.05, 4.69) is 28.1 Å². The predicted octanol–water partition coefficient (Wildman–Crippen LogP) is 1.62. The summed E-state index contributed by atoms with van der Waals surface area (Å²) in [6, 6.07) is 0. The van der Waals surface area contributed by atoms with Crippen LogP contribution in [0.25, 0.3) is 0 Å². The molecular formula is C11H17N3OS. The fraction of sp³-hybridized carbons (Fsp3) is 0.818. The maximum Gasteiger partial charge on any atom is 0.205 e. The molecule has 0 aromatic carbocycles. The van der Waals surface area contributed by atoms with Gasteiger partial charge < -0.3 is 10.0 Å².